The maximum absolute atomic E-state index is 12.1. The third-order valence-electron chi connectivity index (χ3n) is 4.93. The quantitative estimate of drug-likeness (QED) is 0.609. The zero-order valence-corrected chi connectivity index (χ0v) is 15.0. The molecule has 130 valence electrons. The van der Waals surface area contributed by atoms with Gasteiger partial charge in [-0.1, -0.05) is 42.5 Å². The van der Waals surface area contributed by atoms with E-state index in [4.69, 9.17) is 5.73 Å². The number of aromatic nitrogens is 2. The van der Waals surface area contributed by atoms with Crippen LogP contribution in [0.3, 0.4) is 0 Å². The van der Waals surface area contributed by atoms with Crippen molar-refractivity contribution in [3.63, 3.8) is 0 Å². The lowest BCUT2D eigenvalue weighted by atomic mass is 9.98. The number of rotatable bonds is 4. The molecular formula is C22H21N3O. The summed E-state index contributed by atoms with van der Waals surface area (Å²) in [4.78, 5) is 16.7. The first-order chi connectivity index (χ1) is 12.5. The second-order valence-corrected chi connectivity index (χ2v) is 6.76. The van der Waals surface area contributed by atoms with Gasteiger partial charge in [0.15, 0.2) is 0 Å². The molecule has 0 spiro atoms. The summed E-state index contributed by atoms with van der Waals surface area (Å²) in [5.41, 5.74) is 11.0. The Bertz CT molecular complexity index is 1140. The van der Waals surface area contributed by atoms with E-state index in [9.17, 15) is 4.79 Å². The number of fused-ring (bicyclic) bond motifs is 2. The van der Waals surface area contributed by atoms with Crippen LogP contribution in [0.25, 0.3) is 16.4 Å². The lowest BCUT2D eigenvalue weighted by Crippen LogP contribution is -2.14. The Hall–Kier alpha value is -3.14. The van der Waals surface area contributed by atoms with Crippen LogP contribution in [0.5, 0.6) is 0 Å². The third kappa shape index (κ3) is 2.73. The average molecular weight is 343 g/mol. The number of hydrogen-bond donors (Lipinski definition) is 1. The van der Waals surface area contributed by atoms with Crippen molar-refractivity contribution in [3.8, 4) is 0 Å². The number of carbonyl (C=O) groups excluding carboxylic acids is 1. The van der Waals surface area contributed by atoms with E-state index in [1.165, 1.54) is 16.3 Å². The minimum atomic E-state index is -0.419. The second kappa shape index (κ2) is 6.30. The Labute approximate surface area is 152 Å². The SMILES string of the molecule is Cc1cc(C)n2cc(CCc3cccc4ccccc34)c(C(N)=O)c2n1. The van der Waals surface area contributed by atoms with Crippen LogP contribution in [-0.2, 0) is 12.8 Å². The van der Waals surface area contributed by atoms with Crippen molar-refractivity contribution in [2.75, 3.05) is 0 Å². The van der Waals surface area contributed by atoms with Crippen molar-refractivity contribution in [2.24, 2.45) is 5.73 Å². The molecule has 0 aliphatic carbocycles. The summed E-state index contributed by atoms with van der Waals surface area (Å²) in [6.45, 7) is 3.95. The van der Waals surface area contributed by atoms with Crippen molar-refractivity contribution < 1.29 is 4.79 Å². The first kappa shape index (κ1) is 16.3. The molecule has 2 heterocycles. The Morgan fingerprint density at radius 1 is 1.04 bits per heavy atom. The van der Waals surface area contributed by atoms with Gasteiger partial charge in [-0.3, -0.25) is 4.79 Å². The highest BCUT2D eigenvalue weighted by Crippen LogP contribution is 2.24. The number of primary amides is 1. The van der Waals surface area contributed by atoms with E-state index in [1.54, 1.807) is 0 Å². The van der Waals surface area contributed by atoms with Crippen LogP contribution in [0, 0.1) is 13.8 Å². The molecule has 0 aliphatic rings. The molecule has 0 atom stereocenters. The summed E-state index contributed by atoms with van der Waals surface area (Å²) in [5, 5.41) is 2.49. The number of hydrogen-bond acceptors (Lipinski definition) is 2. The van der Waals surface area contributed by atoms with E-state index in [0.717, 1.165) is 29.8 Å². The van der Waals surface area contributed by atoms with E-state index in [2.05, 4.69) is 47.4 Å². The topological polar surface area (TPSA) is 60.4 Å². The smallest absolute Gasteiger partial charge is 0.252 e. The largest absolute Gasteiger partial charge is 0.365 e. The predicted octanol–water partition coefficient (Wildman–Crippen LogP) is 3.99. The highest BCUT2D eigenvalue weighted by molar-refractivity contribution is 6.00. The van der Waals surface area contributed by atoms with Gasteiger partial charge in [-0.25, -0.2) is 4.98 Å². The second-order valence-electron chi connectivity index (χ2n) is 6.76. The van der Waals surface area contributed by atoms with Crippen LogP contribution < -0.4 is 5.73 Å². The molecule has 0 radical (unpaired) electrons. The molecule has 4 aromatic rings. The van der Waals surface area contributed by atoms with E-state index >= 15 is 0 Å². The monoisotopic (exact) mass is 343 g/mol. The van der Waals surface area contributed by atoms with Gasteiger partial charge in [0.25, 0.3) is 5.91 Å². The van der Waals surface area contributed by atoms with Gasteiger partial charge in [0, 0.05) is 17.6 Å². The fourth-order valence-electron chi connectivity index (χ4n) is 3.73. The Kier molecular flexibility index (Phi) is 3.96. The van der Waals surface area contributed by atoms with Crippen LogP contribution in [0.15, 0.2) is 54.7 Å². The normalized spacial score (nSPS) is 11.3. The predicted molar refractivity (Wildman–Crippen MR) is 105 cm³/mol. The minimum Gasteiger partial charge on any atom is -0.365 e. The molecule has 4 rings (SSSR count). The molecule has 4 heteroatoms. The molecule has 4 nitrogen and oxygen atoms in total. The Morgan fingerprint density at radius 3 is 2.58 bits per heavy atom. The Morgan fingerprint density at radius 2 is 1.77 bits per heavy atom. The first-order valence-corrected chi connectivity index (χ1v) is 8.79. The van der Waals surface area contributed by atoms with Gasteiger partial charge in [-0.05, 0) is 54.7 Å². The molecule has 2 aromatic heterocycles. The van der Waals surface area contributed by atoms with E-state index in [0.29, 0.717) is 11.2 Å². The van der Waals surface area contributed by atoms with E-state index < -0.39 is 5.91 Å². The summed E-state index contributed by atoms with van der Waals surface area (Å²) in [5.74, 6) is -0.419. The number of carbonyl (C=O) groups is 1. The third-order valence-corrected chi connectivity index (χ3v) is 4.93. The molecule has 26 heavy (non-hydrogen) atoms. The number of benzene rings is 2. The highest BCUT2D eigenvalue weighted by atomic mass is 16.1. The lowest BCUT2D eigenvalue weighted by molar-refractivity contribution is 0.100. The van der Waals surface area contributed by atoms with Gasteiger partial charge in [0.05, 0.1) is 5.56 Å². The molecule has 2 N–H and O–H groups in total. The number of amides is 1. The number of aryl methyl sites for hydroxylation is 4. The summed E-state index contributed by atoms with van der Waals surface area (Å²) in [6.07, 6.45) is 3.59. The fourth-order valence-corrected chi connectivity index (χ4v) is 3.73. The average Bonchev–Trinajstić information content (AvgIpc) is 2.98. The maximum Gasteiger partial charge on any atom is 0.252 e. The molecule has 0 fully saturated rings. The van der Waals surface area contributed by atoms with Gasteiger partial charge in [-0.2, -0.15) is 0 Å². The molecule has 1 amide bonds. The van der Waals surface area contributed by atoms with Gasteiger partial charge in [0.2, 0.25) is 0 Å². The number of nitrogens with two attached hydrogens (primary N) is 1. The molecule has 0 aliphatic heterocycles. The van der Waals surface area contributed by atoms with Crippen LogP contribution >= 0.6 is 0 Å². The maximum atomic E-state index is 12.1. The zero-order chi connectivity index (χ0) is 18.3. The van der Waals surface area contributed by atoms with Crippen molar-refractivity contribution >= 4 is 22.3 Å². The van der Waals surface area contributed by atoms with Crippen molar-refractivity contribution in [1.29, 1.82) is 0 Å². The highest BCUT2D eigenvalue weighted by Gasteiger charge is 2.18. The van der Waals surface area contributed by atoms with Crippen LogP contribution in [0.2, 0.25) is 0 Å². The summed E-state index contributed by atoms with van der Waals surface area (Å²) in [6, 6.07) is 16.7. The minimum absolute atomic E-state index is 0.419. The molecule has 0 saturated carbocycles. The van der Waals surface area contributed by atoms with Crippen LogP contribution in [0.4, 0.5) is 0 Å². The fraction of sp³-hybridized carbons (Fsp3) is 0.182. The Balaban J connectivity index is 1.76. The van der Waals surface area contributed by atoms with Gasteiger partial charge in [-0.15, -0.1) is 0 Å². The van der Waals surface area contributed by atoms with Crippen molar-refractivity contribution in [1.82, 2.24) is 9.38 Å². The number of nitrogens with zero attached hydrogens (tertiary/aromatic N) is 2. The van der Waals surface area contributed by atoms with Crippen LogP contribution in [0.1, 0.15) is 32.9 Å². The lowest BCUT2D eigenvalue weighted by Gasteiger charge is -2.06. The summed E-state index contributed by atoms with van der Waals surface area (Å²) < 4.78 is 1.96. The van der Waals surface area contributed by atoms with Gasteiger partial charge >= 0.3 is 0 Å². The van der Waals surface area contributed by atoms with Gasteiger partial charge < -0.3 is 10.1 Å². The molecule has 0 unspecified atom stereocenters. The summed E-state index contributed by atoms with van der Waals surface area (Å²) in [7, 11) is 0. The zero-order valence-electron chi connectivity index (χ0n) is 15.0. The molecule has 0 bridgehead atoms. The first-order valence-electron chi connectivity index (χ1n) is 8.79. The standard InChI is InChI=1S/C22H21N3O/c1-14-12-15(2)25-13-18(20(21(23)26)22(25)24-14)11-10-17-8-5-7-16-6-3-4-9-19(16)17/h3-9,12-13H,10-11H2,1-2H3,(H2,23,26). The van der Waals surface area contributed by atoms with Crippen molar-refractivity contribution in [3.05, 3.63) is 82.8 Å². The summed E-state index contributed by atoms with van der Waals surface area (Å²) >= 11 is 0. The molecule has 0 saturated heterocycles. The molecule has 2 aromatic carbocycles. The van der Waals surface area contributed by atoms with Crippen LogP contribution in [-0.4, -0.2) is 15.3 Å². The molecular weight excluding hydrogens is 322 g/mol. The van der Waals surface area contributed by atoms with Gasteiger partial charge in [0.1, 0.15) is 5.65 Å². The van der Waals surface area contributed by atoms with E-state index in [1.807, 2.05) is 30.5 Å². The van der Waals surface area contributed by atoms with E-state index in [-0.39, 0.29) is 0 Å². The van der Waals surface area contributed by atoms with Crippen molar-refractivity contribution in [2.45, 2.75) is 26.7 Å².